The van der Waals surface area contributed by atoms with Crippen molar-refractivity contribution in [2.75, 3.05) is 0 Å². The molecule has 0 aromatic carbocycles. The minimum absolute atomic E-state index is 0.134. The smallest absolute Gasteiger partial charge is 0.271 e. The van der Waals surface area contributed by atoms with Crippen LogP contribution in [0.3, 0.4) is 0 Å². The van der Waals surface area contributed by atoms with Gasteiger partial charge in [0.05, 0.1) is 11.8 Å². The molecule has 1 aliphatic carbocycles. The van der Waals surface area contributed by atoms with Crippen molar-refractivity contribution in [1.82, 2.24) is 9.55 Å². The standard InChI is InChI=1S/C12H14N2OS/c1-8-6-16-11-10(8)13-7-14(12(11)15)5-9-3-2-4-9/h6-7,9H,2-5H2,1H3. The Hall–Kier alpha value is -1.16. The van der Waals surface area contributed by atoms with Gasteiger partial charge >= 0.3 is 0 Å². The zero-order valence-electron chi connectivity index (χ0n) is 9.27. The number of aryl methyl sites for hydroxylation is 1. The third-order valence-electron chi connectivity index (χ3n) is 3.40. The van der Waals surface area contributed by atoms with Crippen LogP contribution in [0.4, 0.5) is 0 Å². The van der Waals surface area contributed by atoms with E-state index < -0.39 is 0 Å². The van der Waals surface area contributed by atoms with Crippen LogP contribution in [0, 0.1) is 12.8 Å². The Labute approximate surface area is 97.7 Å². The van der Waals surface area contributed by atoms with Gasteiger partial charge in [-0.3, -0.25) is 9.36 Å². The summed E-state index contributed by atoms with van der Waals surface area (Å²) in [4.78, 5) is 16.5. The Bertz CT molecular complexity index is 580. The lowest BCUT2D eigenvalue weighted by Crippen LogP contribution is -2.26. The summed E-state index contributed by atoms with van der Waals surface area (Å²) < 4.78 is 2.58. The van der Waals surface area contributed by atoms with Crippen LogP contribution in [0.1, 0.15) is 24.8 Å². The summed E-state index contributed by atoms with van der Waals surface area (Å²) >= 11 is 1.51. The third-order valence-corrected chi connectivity index (χ3v) is 4.48. The maximum Gasteiger partial charge on any atom is 0.271 e. The van der Waals surface area contributed by atoms with E-state index in [2.05, 4.69) is 4.98 Å². The van der Waals surface area contributed by atoms with Gasteiger partial charge in [0, 0.05) is 6.54 Å². The predicted octanol–water partition coefficient (Wildman–Crippen LogP) is 2.57. The van der Waals surface area contributed by atoms with Crippen LogP contribution >= 0.6 is 11.3 Å². The van der Waals surface area contributed by atoms with Gasteiger partial charge in [-0.1, -0.05) is 6.42 Å². The topological polar surface area (TPSA) is 34.9 Å². The zero-order valence-corrected chi connectivity index (χ0v) is 10.1. The molecule has 0 spiro atoms. The van der Waals surface area contributed by atoms with Crippen LogP contribution in [-0.4, -0.2) is 9.55 Å². The van der Waals surface area contributed by atoms with Gasteiger partial charge in [0.15, 0.2) is 0 Å². The summed E-state index contributed by atoms with van der Waals surface area (Å²) in [7, 11) is 0. The van der Waals surface area contributed by atoms with E-state index >= 15 is 0 Å². The minimum atomic E-state index is 0.134. The minimum Gasteiger partial charge on any atom is -0.298 e. The van der Waals surface area contributed by atoms with Crippen molar-refractivity contribution in [3.8, 4) is 0 Å². The normalized spacial score (nSPS) is 16.6. The van der Waals surface area contributed by atoms with E-state index in [1.807, 2.05) is 12.3 Å². The third kappa shape index (κ3) is 1.48. The van der Waals surface area contributed by atoms with E-state index in [-0.39, 0.29) is 5.56 Å². The van der Waals surface area contributed by atoms with Crippen molar-refractivity contribution < 1.29 is 0 Å². The molecule has 0 atom stereocenters. The largest absolute Gasteiger partial charge is 0.298 e. The Balaban J connectivity index is 2.05. The second-order valence-electron chi connectivity index (χ2n) is 4.60. The molecule has 84 valence electrons. The predicted molar refractivity (Wildman–Crippen MR) is 66.0 cm³/mol. The maximum atomic E-state index is 12.2. The number of hydrogen-bond acceptors (Lipinski definition) is 3. The summed E-state index contributed by atoms with van der Waals surface area (Å²) in [6.45, 7) is 2.85. The second-order valence-corrected chi connectivity index (χ2v) is 5.48. The molecule has 1 saturated carbocycles. The first kappa shape index (κ1) is 10.0. The summed E-state index contributed by atoms with van der Waals surface area (Å²) in [5, 5.41) is 2.01. The Kier molecular flexibility index (Phi) is 2.32. The molecular formula is C12H14N2OS. The average Bonchev–Trinajstić information content (AvgIpc) is 2.58. The quantitative estimate of drug-likeness (QED) is 0.800. The van der Waals surface area contributed by atoms with Gasteiger partial charge in [-0.2, -0.15) is 0 Å². The summed E-state index contributed by atoms with van der Waals surface area (Å²) in [5.41, 5.74) is 2.11. The molecule has 1 fully saturated rings. The zero-order chi connectivity index (χ0) is 11.1. The summed E-state index contributed by atoms with van der Waals surface area (Å²) in [6.07, 6.45) is 5.54. The average molecular weight is 234 g/mol. The van der Waals surface area contributed by atoms with Crippen LogP contribution in [-0.2, 0) is 6.54 Å². The molecule has 0 bridgehead atoms. The van der Waals surface area contributed by atoms with Crippen LogP contribution in [0.2, 0.25) is 0 Å². The van der Waals surface area contributed by atoms with Crippen molar-refractivity contribution in [2.45, 2.75) is 32.7 Å². The fourth-order valence-electron chi connectivity index (χ4n) is 2.14. The van der Waals surface area contributed by atoms with E-state index in [1.54, 1.807) is 10.9 Å². The molecular weight excluding hydrogens is 220 g/mol. The molecule has 0 radical (unpaired) electrons. The molecule has 3 nitrogen and oxygen atoms in total. The van der Waals surface area contributed by atoms with Crippen molar-refractivity contribution in [3.63, 3.8) is 0 Å². The number of thiophene rings is 1. The van der Waals surface area contributed by atoms with Gasteiger partial charge in [0.25, 0.3) is 5.56 Å². The molecule has 2 aromatic heterocycles. The molecule has 0 saturated heterocycles. The fraction of sp³-hybridized carbons (Fsp3) is 0.500. The maximum absolute atomic E-state index is 12.2. The Morgan fingerprint density at radius 1 is 1.56 bits per heavy atom. The molecule has 0 unspecified atom stereocenters. The highest BCUT2D eigenvalue weighted by Gasteiger charge is 2.19. The van der Waals surface area contributed by atoms with Crippen molar-refractivity contribution in [3.05, 3.63) is 27.6 Å². The number of aromatic nitrogens is 2. The number of nitrogens with zero attached hydrogens (tertiary/aromatic N) is 2. The number of fused-ring (bicyclic) bond motifs is 1. The van der Waals surface area contributed by atoms with Gasteiger partial charge in [-0.25, -0.2) is 4.98 Å². The molecule has 2 heterocycles. The molecule has 0 amide bonds. The van der Waals surface area contributed by atoms with Gasteiger partial charge in [-0.15, -0.1) is 11.3 Å². The van der Waals surface area contributed by atoms with Crippen LogP contribution in [0.15, 0.2) is 16.5 Å². The van der Waals surface area contributed by atoms with Crippen molar-refractivity contribution in [2.24, 2.45) is 5.92 Å². The lowest BCUT2D eigenvalue weighted by molar-refractivity contribution is 0.273. The lowest BCUT2D eigenvalue weighted by Gasteiger charge is -2.25. The molecule has 1 aliphatic rings. The van der Waals surface area contributed by atoms with Gasteiger partial charge in [0.1, 0.15) is 4.70 Å². The number of hydrogen-bond donors (Lipinski definition) is 0. The first-order valence-corrected chi connectivity index (χ1v) is 6.57. The van der Waals surface area contributed by atoms with E-state index in [4.69, 9.17) is 0 Å². The Morgan fingerprint density at radius 3 is 3.06 bits per heavy atom. The fourth-order valence-corrected chi connectivity index (χ4v) is 3.09. The van der Waals surface area contributed by atoms with E-state index in [1.165, 1.54) is 30.6 Å². The highest BCUT2D eigenvalue weighted by Crippen LogP contribution is 2.27. The molecule has 2 aromatic rings. The molecule has 4 heteroatoms. The van der Waals surface area contributed by atoms with Crippen molar-refractivity contribution in [1.29, 1.82) is 0 Å². The Morgan fingerprint density at radius 2 is 2.38 bits per heavy atom. The first-order valence-electron chi connectivity index (χ1n) is 5.69. The van der Waals surface area contributed by atoms with Crippen LogP contribution in [0.5, 0.6) is 0 Å². The van der Waals surface area contributed by atoms with E-state index in [9.17, 15) is 4.79 Å². The van der Waals surface area contributed by atoms with Crippen LogP contribution < -0.4 is 5.56 Å². The van der Waals surface area contributed by atoms with Crippen molar-refractivity contribution >= 4 is 21.6 Å². The lowest BCUT2D eigenvalue weighted by atomic mass is 9.85. The first-order chi connectivity index (χ1) is 7.75. The highest BCUT2D eigenvalue weighted by atomic mass is 32.1. The monoisotopic (exact) mass is 234 g/mol. The molecule has 16 heavy (non-hydrogen) atoms. The molecule has 0 aliphatic heterocycles. The van der Waals surface area contributed by atoms with Crippen LogP contribution in [0.25, 0.3) is 10.2 Å². The van der Waals surface area contributed by atoms with Gasteiger partial charge in [-0.05, 0) is 36.6 Å². The SMILES string of the molecule is Cc1csc2c(=O)n(CC3CCC3)cnc12. The van der Waals surface area contributed by atoms with E-state index in [0.29, 0.717) is 5.92 Å². The summed E-state index contributed by atoms with van der Waals surface area (Å²) in [5.74, 6) is 0.693. The highest BCUT2D eigenvalue weighted by molar-refractivity contribution is 7.17. The van der Waals surface area contributed by atoms with Gasteiger partial charge < -0.3 is 0 Å². The molecule has 0 N–H and O–H groups in total. The second kappa shape index (κ2) is 3.70. The molecule has 3 rings (SSSR count). The summed E-state index contributed by atoms with van der Waals surface area (Å²) in [6, 6.07) is 0. The van der Waals surface area contributed by atoms with E-state index in [0.717, 1.165) is 22.3 Å². The number of rotatable bonds is 2. The van der Waals surface area contributed by atoms with Gasteiger partial charge in [0.2, 0.25) is 0 Å².